The van der Waals surface area contributed by atoms with Crippen LogP contribution in [0.25, 0.3) is 10.8 Å². The third-order valence-corrected chi connectivity index (χ3v) is 4.87. The van der Waals surface area contributed by atoms with E-state index in [1.54, 1.807) is 12.1 Å². The molecule has 1 aromatic carbocycles. The molecule has 0 bridgehead atoms. The number of H-pyrrole nitrogens is 1. The minimum atomic E-state index is -0.238. The average Bonchev–Trinajstić information content (AvgIpc) is 3.09. The molecule has 8 nitrogen and oxygen atoms in total. The summed E-state index contributed by atoms with van der Waals surface area (Å²) < 4.78 is 5.26. The van der Waals surface area contributed by atoms with Crippen LogP contribution in [0.3, 0.4) is 0 Å². The highest BCUT2D eigenvalue weighted by Gasteiger charge is 2.23. The molecule has 4 rings (SSSR count). The number of aromatic amines is 1. The van der Waals surface area contributed by atoms with E-state index in [1.165, 1.54) is 0 Å². The first-order chi connectivity index (χ1) is 13.1. The van der Waals surface area contributed by atoms with Crippen LogP contribution in [-0.2, 0) is 17.8 Å². The maximum absolute atomic E-state index is 12.7. The standard InChI is InChI=1S/C19H21N5O3/c1-13-10-14(27-22-13)12-23-6-8-24(9-7-23)18(25)11-17-15-4-2-3-5-16(15)19(26)21-20-17/h2-5,10H,6-9,11-12H2,1H3,(H,21,26). The predicted molar refractivity (Wildman–Crippen MR) is 99.2 cm³/mol. The lowest BCUT2D eigenvalue weighted by Gasteiger charge is -2.34. The molecule has 140 valence electrons. The number of benzene rings is 1. The van der Waals surface area contributed by atoms with Crippen molar-refractivity contribution in [2.24, 2.45) is 0 Å². The van der Waals surface area contributed by atoms with E-state index in [1.807, 2.05) is 30.0 Å². The molecular weight excluding hydrogens is 346 g/mol. The van der Waals surface area contributed by atoms with E-state index < -0.39 is 0 Å². The fourth-order valence-electron chi connectivity index (χ4n) is 3.43. The fraction of sp³-hybridized carbons (Fsp3) is 0.368. The molecular formula is C19H21N5O3. The Morgan fingerprint density at radius 3 is 2.63 bits per heavy atom. The Balaban J connectivity index is 1.39. The van der Waals surface area contributed by atoms with Crippen LogP contribution in [-0.4, -0.2) is 57.2 Å². The fourth-order valence-corrected chi connectivity index (χ4v) is 3.43. The summed E-state index contributed by atoms with van der Waals surface area (Å²) in [6.45, 7) is 5.49. The first kappa shape index (κ1) is 17.4. The number of carbonyl (C=O) groups is 1. The van der Waals surface area contributed by atoms with Gasteiger partial charge < -0.3 is 9.42 Å². The number of hydrogen-bond acceptors (Lipinski definition) is 6. The van der Waals surface area contributed by atoms with Gasteiger partial charge in [0.1, 0.15) is 0 Å². The SMILES string of the molecule is Cc1cc(CN2CCN(C(=O)Cc3n[nH]c(=O)c4ccccc34)CC2)on1. The number of rotatable bonds is 4. The Kier molecular flexibility index (Phi) is 4.72. The Morgan fingerprint density at radius 2 is 1.93 bits per heavy atom. The van der Waals surface area contributed by atoms with Gasteiger partial charge >= 0.3 is 0 Å². The van der Waals surface area contributed by atoms with Gasteiger partial charge in [0.25, 0.3) is 5.56 Å². The van der Waals surface area contributed by atoms with Gasteiger partial charge in [-0.3, -0.25) is 14.5 Å². The topological polar surface area (TPSA) is 95.3 Å². The van der Waals surface area contributed by atoms with Gasteiger partial charge in [-0.1, -0.05) is 23.4 Å². The molecule has 1 fully saturated rings. The van der Waals surface area contributed by atoms with E-state index in [2.05, 4.69) is 20.3 Å². The maximum Gasteiger partial charge on any atom is 0.272 e. The van der Waals surface area contributed by atoms with E-state index in [0.717, 1.165) is 29.9 Å². The normalized spacial score (nSPS) is 15.4. The first-order valence-corrected chi connectivity index (χ1v) is 8.99. The highest BCUT2D eigenvalue weighted by molar-refractivity contribution is 5.88. The van der Waals surface area contributed by atoms with Crippen LogP contribution >= 0.6 is 0 Å². The summed E-state index contributed by atoms with van der Waals surface area (Å²) in [4.78, 5) is 28.7. The van der Waals surface area contributed by atoms with E-state index in [-0.39, 0.29) is 17.9 Å². The molecule has 3 heterocycles. The zero-order valence-electron chi connectivity index (χ0n) is 15.1. The van der Waals surface area contributed by atoms with Crippen LogP contribution in [0.1, 0.15) is 17.1 Å². The Labute approximate surface area is 155 Å². The lowest BCUT2D eigenvalue weighted by molar-refractivity contribution is -0.132. The number of carbonyl (C=O) groups excluding carboxylic acids is 1. The summed E-state index contributed by atoms with van der Waals surface area (Å²) in [5.74, 6) is 0.867. The number of piperazine rings is 1. The maximum atomic E-state index is 12.7. The molecule has 8 heteroatoms. The van der Waals surface area contributed by atoms with Crippen LogP contribution in [0.15, 0.2) is 39.6 Å². The van der Waals surface area contributed by atoms with Crippen molar-refractivity contribution in [1.82, 2.24) is 25.2 Å². The van der Waals surface area contributed by atoms with E-state index in [4.69, 9.17) is 4.52 Å². The van der Waals surface area contributed by atoms with Gasteiger partial charge in [-0.25, -0.2) is 5.10 Å². The molecule has 0 aliphatic carbocycles. The number of nitrogens with one attached hydrogen (secondary N) is 1. The smallest absolute Gasteiger partial charge is 0.272 e. The van der Waals surface area contributed by atoms with Gasteiger partial charge in [0.05, 0.1) is 29.7 Å². The van der Waals surface area contributed by atoms with Crippen LogP contribution in [0.4, 0.5) is 0 Å². The summed E-state index contributed by atoms with van der Waals surface area (Å²) >= 11 is 0. The van der Waals surface area contributed by atoms with Gasteiger partial charge in [-0.15, -0.1) is 0 Å². The van der Waals surface area contributed by atoms with Crippen molar-refractivity contribution in [2.45, 2.75) is 19.9 Å². The molecule has 1 aliphatic heterocycles. The molecule has 1 aliphatic rings. The molecule has 0 unspecified atom stereocenters. The number of fused-ring (bicyclic) bond motifs is 1. The van der Waals surface area contributed by atoms with Crippen LogP contribution < -0.4 is 5.56 Å². The zero-order valence-corrected chi connectivity index (χ0v) is 15.1. The van der Waals surface area contributed by atoms with Crippen molar-refractivity contribution < 1.29 is 9.32 Å². The molecule has 0 saturated carbocycles. The lowest BCUT2D eigenvalue weighted by atomic mass is 10.1. The third kappa shape index (κ3) is 3.75. The van der Waals surface area contributed by atoms with Crippen LogP contribution in [0.2, 0.25) is 0 Å². The van der Waals surface area contributed by atoms with Crippen LogP contribution in [0, 0.1) is 6.92 Å². The highest BCUT2D eigenvalue weighted by Crippen LogP contribution is 2.15. The second-order valence-corrected chi connectivity index (χ2v) is 6.81. The number of aryl methyl sites for hydroxylation is 1. The van der Waals surface area contributed by atoms with E-state index in [9.17, 15) is 9.59 Å². The predicted octanol–water partition coefficient (Wildman–Crippen LogP) is 1.11. The van der Waals surface area contributed by atoms with Crippen LogP contribution in [0.5, 0.6) is 0 Å². The average molecular weight is 367 g/mol. The molecule has 0 spiro atoms. The van der Waals surface area contributed by atoms with Crippen molar-refractivity contribution in [1.29, 1.82) is 0 Å². The summed E-state index contributed by atoms with van der Waals surface area (Å²) in [5.41, 5.74) is 1.24. The minimum Gasteiger partial charge on any atom is -0.360 e. The second-order valence-electron chi connectivity index (χ2n) is 6.81. The molecule has 3 aromatic rings. The molecule has 2 aromatic heterocycles. The number of nitrogens with zero attached hydrogens (tertiary/aromatic N) is 4. The molecule has 1 N–H and O–H groups in total. The molecule has 0 atom stereocenters. The van der Waals surface area contributed by atoms with Crippen molar-refractivity contribution in [2.75, 3.05) is 26.2 Å². The van der Waals surface area contributed by atoms with Crippen molar-refractivity contribution >= 4 is 16.7 Å². The third-order valence-electron chi connectivity index (χ3n) is 4.87. The first-order valence-electron chi connectivity index (χ1n) is 8.99. The Morgan fingerprint density at radius 1 is 1.19 bits per heavy atom. The van der Waals surface area contributed by atoms with Gasteiger partial charge in [0.2, 0.25) is 5.91 Å². The van der Waals surface area contributed by atoms with E-state index >= 15 is 0 Å². The molecule has 0 radical (unpaired) electrons. The molecule has 1 amide bonds. The van der Waals surface area contributed by atoms with E-state index in [0.29, 0.717) is 30.7 Å². The summed E-state index contributed by atoms with van der Waals surface area (Å²) in [7, 11) is 0. The van der Waals surface area contributed by atoms with Gasteiger partial charge in [-0.05, 0) is 13.0 Å². The summed E-state index contributed by atoms with van der Waals surface area (Å²) in [6.07, 6.45) is 0.179. The second kappa shape index (κ2) is 7.32. The zero-order chi connectivity index (χ0) is 18.8. The molecule has 1 saturated heterocycles. The number of amides is 1. The quantitative estimate of drug-likeness (QED) is 0.742. The van der Waals surface area contributed by atoms with Gasteiger partial charge in [0, 0.05) is 37.6 Å². The van der Waals surface area contributed by atoms with Gasteiger partial charge in [-0.2, -0.15) is 5.10 Å². The largest absolute Gasteiger partial charge is 0.360 e. The Hall–Kier alpha value is -3.00. The minimum absolute atomic E-state index is 0.0230. The lowest BCUT2D eigenvalue weighted by Crippen LogP contribution is -2.48. The number of aromatic nitrogens is 3. The Bertz CT molecular complexity index is 1020. The summed E-state index contributed by atoms with van der Waals surface area (Å²) in [5, 5.41) is 11.8. The molecule has 27 heavy (non-hydrogen) atoms. The highest BCUT2D eigenvalue weighted by atomic mass is 16.5. The van der Waals surface area contributed by atoms with Crippen molar-refractivity contribution in [3.63, 3.8) is 0 Å². The van der Waals surface area contributed by atoms with Crippen molar-refractivity contribution in [3.8, 4) is 0 Å². The van der Waals surface area contributed by atoms with Crippen molar-refractivity contribution in [3.05, 3.63) is 57.8 Å². The van der Waals surface area contributed by atoms with Gasteiger partial charge in [0.15, 0.2) is 5.76 Å². The monoisotopic (exact) mass is 367 g/mol. The summed E-state index contributed by atoms with van der Waals surface area (Å²) in [6, 6.07) is 9.16. The number of hydrogen-bond donors (Lipinski definition) is 1.